The van der Waals surface area contributed by atoms with Crippen molar-refractivity contribution in [2.24, 2.45) is 5.41 Å². The van der Waals surface area contributed by atoms with E-state index < -0.39 is 7.82 Å². The molecule has 14 heavy (non-hydrogen) atoms. The third-order valence-electron chi connectivity index (χ3n) is 1.52. The molecule has 0 aliphatic rings. The molecule has 0 aromatic heterocycles. The number of phosphoric ester groups is 1. The normalized spacial score (nSPS) is 13.2. The maximum atomic E-state index is 10.4. The van der Waals surface area contributed by atoms with E-state index in [0.29, 0.717) is 13.1 Å². The van der Waals surface area contributed by atoms with Gasteiger partial charge < -0.3 is 20.2 Å². The van der Waals surface area contributed by atoms with Gasteiger partial charge in [-0.15, -0.1) is 0 Å². The highest BCUT2D eigenvalue weighted by molar-refractivity contribution is 7.46. The van der Waals surface area contributed by atoms with Crippen LogP contribution in [0.3, 0.4) is 0 Å². The van der Waals surface area contributed by atoms with E-state index in [1.54, 1.807) is 0 Å². The maximum absolute atomic E-state index is 10.4. The van der Waals surface area contributed by atoms with Crippen LogP contribution >= 0.6 is 7.82 Å². The molecule has 0 aliphatic carbocycles. The summed E-state index contributed by atoms with van der Waals surface area (Å²) in [7, 11) is -4.38. The molecule has 0 aromatic carbocycles. The van der Waals surface area contributed by atoms with E-state index in [-0.39, 0.29) is 18.6 Å². The van der Waals surface area contributed by atoms with Crippen molar-refractivity contribution >= 4 is 7.82 Å². The SMILES string of the molecule is CC(C)(CNCCO)COP(=O)(O)O. The van der Waals surface area contributed by atoms with E-state index in [1.165, 1.54) is 0 Å². The van der Waals surface area contributed by atoms with Crippen LogP contribution in [0.4, 0.5) is 0 Å². The second-order valence-electron chi connectivity index (χ2n) is 3.83. The predicted octanol–water partition coefficient (Wildman–Crippen LogP) is -0.296. The molecular formula is C7H18NO5P. The van der Waals surface area contributed by atoms with Crippen molar-refractivity contribution in [3.63, 3.8) is 0 Å². The van der Waals surface area contributed by atoms with Gasteiger partial charge in [0.1, 0.15) is 0 Å². The fourth-order valence-electron chi connectivity index (χ4n) is 0.816. The summed E-state index contributed by atoms with van der Waals surface area (Å²) in [5, 5.41) is 11.4. The molecule has 4 N–H and O–H groups in total. The lowest BCUT2D eigenvalue weighted by atomic mass is 9.95. The summed E-state index contributed by atoms with van der Waals surface area (Å²) < 4.78 is 14.8. The van der Waals surface area contributed by atoms with Gasteiger partial charge in [-0.05, 0) is 0 Å². The Morgan fingerprint density at radius 3 is 2.43 bits per heavy atom. The van der Waals surface area contributed by atoms with Gasteiger partial charge in [0.2, 0.25) is 0 Å². The monoisotopic (exact) mass is 227 g/mol. The van der Waals surface area contributed by atoms with Crippen molar-refractivity contribution < 1.29 is 24.0 Å². The van der Waals surface area contributed by atoms with Gasteiger partial charge in [-0.25, -0.2) is 4.57 Å². The highest BCUT2D eigenvalue weighted by Crippen LogP contribution is 2.37. The molecule has 0 aliphatic heterocycles. The van der Waals surface area contributed by atoms with E-state index in [1.807, 2.05) is 13.8 Å². The summed E-state index contributed by atoms with van der Waals surface area (Å²) in [4.78, 5) is 17.0. The van der Waals surface area contributed by atoms with Crippen LogP contribution in [0.1, 0.15) is 13.8 Å². The minimum absolute atomic E-state index is 0.0320. The lowest BCUT2D eigenvalue weighted by Crippen LogP contribution is -2.34. The molecule has 0 amide bonds. The first-order chi connectivity index (χ1) is 6.27. The topological polar surface area (TPSA) is 99.0 Å². The Morgan fingerprint density at radius 2 is 2.00 bits per heavy atom. The largest absolute Gasteiger partial charge is 0.469 e. The minimum Gasteiger partial charge on any atom is -0.395 e. The van der Waals surface area contributed by atoms with Gasteiger partial charge in [-0.1, -0.05) is 13.8 Å². The van der Waals surface area contributed by atoms with Gasteiger partial charge in [-0.2, -0.15) is 0 Å². The third kappa shape index (κ3) is 8.62. The molecule has 0 unspecified atom stereocenters. The number of nitrogens with one attached hydrogen (secondary N) is 1. The molecule has 0 heterocycles. The molecular weight excluding hydrogens is 209 g/mol. The molecule has 7 heteroatoms. The predicted molar refractivity (Wildman–Crippen MR) is 51.7 cm³/mol. The highest BCUT2D eigenvalue weighted by atomic mass is 31.2. The van der Waals surface area contributed by atoms with Crippen LogP contribution in [-0.2, 0) is 9.09 Å². The quantitative estimate of drug-likeness (QED) is 0.352. The average Bonchev–Trinajstić information content (AvgIpc) is 2.00. The van der Waals surface area contributed by atoms with E-state index in [9.17, 15) is 4.57 Å². The molecule has 0 bridgehead atoms. The van der Waals surface area contributed by atoms with Crippen molar-refractivity contribution in [2.45, 2.75) is 13.8 Å². The van der Waals surface area contributed by atoms with Crippen molar-refractivity contribution in [3.8, 4) is 0 Å². The number of rotatable bonds is 7. The van der Waals surface area contributed by atoms with Crippen molar-refractivity contribution in [2.75, 3.05) is 26.3 Å². The molecule has 6 nitrogen and oxygen atoms in total. The molecule has 0 fully saturated rings. The van der Waals surface area contributed by atoms with Crippen LogP contribution in [0.25, 0.3) is 0 Å². The molecule has 0 aromatic rings. The van der Waals surface area contributed by atoms with Crippen LogP contribution in [0.15, 0.2) is 0 Å². The maximum Gasteiger partial charge on any atom is 0.469 e. The van der Waals surface area contributed by atoms with Crippen molar-refractivity contribution in [1.82, 2.24) is 5.32 Å². The second kappa shape index (κ2) is 5.80. The first-order valence-electron chi connectivity index (χ1n) is 4.28. The zero-order chi connectivity index (χ0) is 11.2. The summed E-state index contributed by atoms with van der Waals surface area (Å²) in [6, 6.07) is 0. The third-order valence-corrected chi connectivity index (χ3v) is 1.98. The minimum atomic E-state index is -4.38. The number of phosphoric acid groups is 1. The molecule has 0 atom stereocenters. The van der Waals surface area contributed by atoms with Crippen LogP contribution in [0.2, 0.25) is 0 Å². The van der Waals surface area contributed by atoms with Gasteiger partial charge in [-0.3, -0.25) is 4.52 Å². The highest BCUT2D eigenvalue weighted by Gasteiger charge is 2.23. The summed E-state index contributed by atoms with van der Waals surface area (Å²) in [5.74, 6) is 0. The molecule has 0 rings (SSSR count). The molecule has 0 spiro atoms. The van der Waals surface area contributed by atoms with E-state index in [0.717, 1.165) is 0 Å². The zero-order valence-electron chi connectivity index (χ0n) is 8.43. The Labute approximate surface area is 83.5 Å². The lowest BCUT2D eigenvalue weighted by Gasteiger charge is -2.24. The summed E-state index contributed by atoms with van der Waals surface area (Å²) in [5.41, 5.74) is -0.379. The summed E-state index contributed by atoms with van der Waals surface area (Å²) >= 11 is 0. The van der Waals surface area contributed by atoms with E-state index >= 15 is 0 Å². The number of hydrogen-bond donors (Lipinski definition) is 4. The fraction of sp³-hybridized carbons (Fsp3) is 1.00. The Bertz CT molecular complexity index is 202. The number of aliphatic hydroxyl groups excluding tert-OH is 1. The Balaban J connectivity index is 3.77. The van der Waals surface area contributed by atoms with Gasteiger partial charge in [0, 0.05) is 18.5 Å². The van der Waals surface area contributed by atoms with Crippen molar-refractivity contribution in [1.29, 1.82) is 0 Å². The number of aliphatic hydroxyl groups is 1. The van der Waals surface area contributed by atoms with Crippen LogP contribution in [0, 0.1) is 5.41 Å². The number of hydrogen-bond acceptors (Lipinski definition) is 4. The van der Waals surface area contributed by atoms with Crippen molar-refractivity contribution in [3.05, 3.63) is 0 Å². The Hall–Kier alpha value is 0.0300. The first-order valence-corrected chi connectivity index (χ1v) is 5.81. The average molecular weight is 227 g/mol. The second-order valence-corrected chi connectivity index (χ2v) is 5.07. The van der Waals surface area contributed by atoms with Crippen LogP contribution in [-0.4, -0.2) is 41.2 Å². The van der Waals surface area contributed by atoms with Gasteiger partial charge in [0.25, 0.3) is 0 Å². The molecule has 86 valence electrons. The molecule has 0 saturated carbocycles. The zero-order valence-corrected chi connectivity index (χ0v) is 9.33. The van der Waals surface area contributed by atoms with Crippen LogP contribution in [0.5, 0.6) is 0 Å². The fourth-order valence-corrected chi connectivity index (χ4v) is 1.33. The molecule has 0 radical (unpaired) electrons. The van der Waals surface area contributed by atoms with Gasteiger partial charge in [0.05, 0.1) is 13.2 Å². The Morgan fingerprint density at radius 1 is 1.43 bits per heavy atom. The van der Waals surface area contributed by atoms with Gasteiger partial charge in [0.15, 0.2) is 0 Å². The summed E-state index contributed by atoms with van der Waals surface area (Å²) in [6.45, 7) is 4.61. The van der Waals surface area contributed by atoms with Crippen LogP contribution < -0.4 is 5.32 Å². The summed E-state index contributed by atoms with van der Waals surface area (Å²) in [6.07, 6.45) is 0. The smallest absolute Gasteiger partial charge is 0.395 e. The first kappa shape index (κ1) is 14.0. The standard InChI is InChI=1S/C7H18NO5P/c1-7(2,5-8-3-4-9)6-13-14(10,11)12/h8-9H,3-6H2,1-2H3,(H2,10,11,12). The van der Waals surface area contributed by atoms with E-state index in [2.05, 4.69) is 9.84 Å². The molecule has 0 saturated heterocycles. The van der Waals surface area contributed by atoms with E-state index in [4.69, 9.17) is 14.9 Å². The lowest BCUT2D eigenvalue weighted by molar-refractivity contribution is 0.126. The Kier molecular flexibility index (Phi) is 5.81. The van der Waals surface area contributed by atoms with Gasteiger partial charge >= 0.3 is 7.82 Å².